The van der Waals surface area contributed by atoms with E-state index in [-0.39, 0.29) is 28.9 Å². The molecule has 2 heterocycles. The maximum atomic E-state index is 12.8. The summed E-state index contributed by atoms with van der Waals surface area (Å²) in [5, 5.41) is 4.32. The van der Waals surface area contributed by atoms with Gasteiger partial charge in [0, 0.05) is 37.3 Å². The van der Waals surface area contributed by atoms with Crippen molar-refractivity contribution in [2.24, 2.45) is 0 Å². The monoisotopic (exact) mass is 430 g/mol. The molecule has 0 atom stereocenters. The molecule has 0 bridgehead atoms. The van der Waals surface area contributed by atoms with Crippen molar-refractivity contribution in [3.05, 3.63) is 56.7 Å². The maximum Gasteiger partial charge on any atom is 0.246 e. The average Bonchev–Trinajstić information content (AvgIpc) is 3.15. The summed E-state index contributed by atoms with van der Waals surface area (Å²) in [5.74, 6) is -0.131. The van der Waals surface area contributed by atoms with E-state index in [0.717, 1.165) is 5.56 Å². The predicted molar refractivity (Wildman–Crippen MR) is 105 cm³/mol. The van der Waals surface area contributed by atoms with E-state index in [2.05, 4.69) is 0 Å². The largest absolute Gasteiger partial charge is 0.337 e. The number of amides is 1. The third-order valence-electron chi connectivity index (χ3n) is 4.02. The van der Waals surface area contributed by atoms with E-state index >= 15 is 0 Å². The van der Waals surface area contributed by atoms with Gasteiger partial charge in [0.25, 0.3) is 0 Å². The fourth-order valence-electron chi connectivity index (χ4n) is 2.61. The van der Waals surface area contributed by atoms with Crippen molar-refractivity contribution in [2.45, 2.75) is 4.90 Å². The van der Waals surface area contributed by atoms with Crippen molar-refractivity contribution in [3.63, 3.8) is 0 Å². The van der Waals surface area contributed by atoms with Crippen LogP contribution in [-0.4, -0.2) is 49.7 Å². The highest BCUT2D eigenvalue weighted by molar-refractivity contribution is 7.89. The summed E-state index contributed by atoms with van der Waals surface area (Å²) in [6.45, 7) is 1.07. The molecule has 1 fully saturated rings. The second-order valence-electron chi connectivity index (χ2n) is 5.69. The van der Waals surface area contributed by atoms with Crippen LogP contribution in [0.4, 0.5) is 0 Å². The minimum Gasteiger partial charge on any atom is -0.337 e. The fourth-order valence-corrected chi connectivity index (χ4v) is 5.39. The fraction of sp³-hybridized carbons (Fsp3) is 0.235. The van der Waals surface area contributed by atoms with Gasteiger partial charge in [0.1, 0.15) is 4.90 Å². The van der Waals surface area contributed by atoms with E-state index in [4.69, 9.17) is 23.2 Å². The van der Waals surface area contributed by atoms with Gasteiger partial charge < -0.3 is 4.90 Å². The van der Waals surface area contributed by atoms with Crippen LogP contribution in [0.2, 0.25) is 10.0 Å². The highest BCUT2D eigenvalue weighted by atomic mass is 35.5. The third-order valence-corrected chi connectivity index (χ3v) is 7.34. The Kier molecular flexibility index (Phi) is 6.04. The molecule has 1 aliphatic rings. The minimum absolute atomic E-state index is 0.0104. The van der Waals surface area contributed by atoms with Crippen LogP contribution in [0, 0.1) is 0 Å². The number of halogens is 2. The molecule has 0 N–H and O–H groups in total. The van der Waals surface area contributed by atoms with E-state index in [1.807, 2.05) is 16.8 Å². The first-order chi connectivity index (χ1) is 12.4. The standard InChI is InChI=1S/C17H16Cl2N2O3S2/c18-14-2-3-15(19)16(11-14)26(23,24)21-8-6-20(7-9-21)17(22)4-1-13-5-10-25-12-13/h1-5,10-12H,6-9H2/b4-1+. The number of hydrogen-bond donors (Lipinski definition) is 0. The summed E-state index contributed by atoms with van der Waals surface area (Å²) < 4.78 is 26.9. The number of rotatable bonds is 4. The van der Waals surface area contributed by atoms with Crippen LogP contribution >= 0.6 is 34.5 Å². The summed E-state index contributed by atoms with van der Waals surface area (Å²) in [6, 6.07) is 6.28. The van der Waals surface area contributed by atoms with Gasteiger partial charge in [-0.25, -0.2) is 8.42 Å². The Labute approximate surface area is 166 Å². The van der Waals surface area contributed by atoms with Gasteiger partial charge in [0.05, 0.1) is 5.02 Å². The summed E-state index contributed by atoms with van der Waals surface area (Å²) in [6.07, 6.45) is 3.27. The zero-order valence-electron chi connectivity index (χ0n) is 13.6. The molecule has 2 aromatic rings. The van der Waals surface area contributed by atoms with Crippen molar-refractivity contribution in [1.82, 2.24) is 9.21 Å². The molecule has 1 aromatic heterocycles. The summed E-state index contributed by atoms with van der Waals surface area (Å²) >= 11 is 13.5. The van der Waals surface area contributed by atoms with Crippen LogP contribution in [0.25, 0.3) is 6.08 Å². The second-order valence-corrected chi connectivity index (χ2v) is 9.22. The normalized spacial score (nSPS) is 16.3. The molecule has 3 rings (SSSR count). The van der Waals surface area contributed by atoms with Crippen LogP contribution in [0.3, 0.4) is 0 Å². The number of thiophene rings is 1. The number of nitrogens with zero attached hydrogens (tertiary/aromatic N) is 2. The van der Waals surface area contributed by atoms with Crippen molar-refractivity contribution in [3.8, 4) is 0 Å². The predicted octanol–water partition coefficient (Wildman–Crippen LogP) is 3.60. The maximum absolute atomic E-state index is 12.8. The van der Waals surface area contributed by atoms with Crippen LogP contribution in [-0.2, 0) is 14.8 Å². The molecule has 0 unspecified atom stereocenters. The Morgan fingerprint density at radius 1 is 1.12 bits per heavy atom. The highest BCUT2D eigenvalue weighted by Crippen LogP contribution is 2.28. The molecule has 1 saturated heterocycles. The molecule has 138 valence electrons. The smallest absolute Gasteiger partial charge is 0.246 e. The first kappa shape index (κ1) is 19.4. The van der Waals surface area contributed by atoms with E-state index in [1.54, 1.807) is 28.4 Å². The number of piperazine rings is 1. The Morgan fingerprint density at radius 3 is 2.50 bits per heavy atom. The number of carbonyl (C=O) groups is 1. The van der Waals surface area contributed by atoms with Gasteiger partial charge in [-0.05, 0) is 46.7 Å². The molecule has 5 nitrogen and oxygen atoms in total. The van der Waals surface area contributed by atoms with Gasteiger partial charge >= 0.3 is 0 Å². The van der Waals surface area contributed by atoms with Crippen LogP contribution in [0.5, 0.6) is 0 Å². The van der Waals surface area contributed by atoms with Gasteiger partial charge in [-0.3, -0.25) is 4.79 Å². The molecule has 0 radical (unpaired) electrons. The zero-order chi connectivity index (χ0) is 18.7. The highest BCUT2D eigenvalue weighted by Gasteiger charge is 2.31. The Morgan fingerprint density at radius 2 is 1.85 bits per heavy atom. The van der Waals surface area contributed by atoms with E-state index in [9.17, 15) is 13.2 Å². The molecule has 1 aliphatic heterocycles. The topological polar surface area (TPSA) is 57.7 Å². The molecule has 0 saturated carbocycles. The molecule has 0 aliphatic carbocycles. The first-order valence-corrected chi connectivity index (χ1v) is 11.0. The van der Waals surface area contributed by atoms with Crippen LogP contribution in [0.15, 0.2) is 46.0 Å². The number of sulfonamides is 1. The summed E-state index contributed by atoms with van der Waals surface area (Å²) in [4.78, 5) is 13.9. The molecule has 26 heavy (non-hydrogen) atoms. The van der Waals surface area contributed by atoms with Crippen molar-refractivity contribution in [2.75, 3.05) is 26.2 Å². The minimum atomic E-state index is -3.75. The van der Waals surface area contributed by atoms with E-state index < -0.39 is 10.0 Å². The second kappa shape index (κ2) is 8.10. The Hall–Kier alpha value is -1.38. The summed E-state index contributed by atoms with van der Waals surface area (Å²) in [5.41, 5.74) is 0.972. The Bertz CT molecular complexity index is 919. The molecular formula is C17H16Cl2N2O3S2. The van der Waals surface area contributed by atoms with Crippen LogP contribution < -0.4 is 0 Å². The zero-order valence-corrected chi connectivity index (χ0v) is 16.8. The van der Waals surface area contributed by atoms with Crippen molar-refractivity contribution >= 4 is 56.5 Å². The molecule has 0 spiro atoms. The van der Waals surface area contributed by atoms with Gasteiger partial charge in [-0.1, -0.05) is 23.2 Å². The third kappa shape index (κ3) is 4.29. The van der Waals surface area contributed by atoms with Gasteiger partial charge in [0.2, 0.25) is 15.9 Å². The van der Waals surface area contributed by atoms with Crippen molar-refractivity contribution in [1.29, 1.82) is 0 Å². The lowest BCUT2D eigenvalue weighted by Gasteiger charge is -2.33. The summed E-state index contributed by atoms with van der Waals surface area (Å²) in [7, 11) is -3.75. The van der Waals surface area contributed by atoms with Crippen molar-refractivity contribution < 1.29 is 13.2 Å². The number of hydrogen-bond acceptors (Lipinski definition) is 4. The van der Waals surface area contributed by atoms with E-state index in [0.29, 0.717) is 18.1 Å². The molecular weight excluding hydrogens is 415 g/mol. The number of benzene rings is 1. The van der Waals surface area contributed by atoms with Crippen LogP contribution in [0.1, 0.15) is 5.56 Å². The Balaban J connectivity index is 1.66. The lowest BCUT2D eigenvalue weighted by Crippen LogP contribution is -2.50. The van der Waals surface area contributed by atoms with Gasteiger partial charge in [-0.15, -0.1) is 0 Å². The SMILES string of the molecule is O=C(/C=C/c1ccsc1)N1CCN(S(=O)(=O)c2cc(Cl)ccc2Cl)CC1. The quantitative estimate of drug-likeness (QED) is 0.696. The first-order valence-electron chi connectivity index (χ1n) is 7.82. The molecule has 1 amide bonds. The van der Waals surface area contributed by atoms with Gasteiger partial charge in [0.15, 0.2) is 0 Å². The molecule has 9 heteroatoms. The van der Waals surface area contributed by atoms with E-state index in [1.165, 1.54) is 22.5 Å². The number of carbonyl (C=O) groups excluding carboxylic acids is 1. The molecule has 1 aromatic carbocycles. The lowest BCUT2D eigenvalue weighted by atomic mass is 10.3. The lowest BCUT2D eigenvalue weighted by molar-refractivity contribution is -0.127. The van der Waals surface area contributed by atoms with Gasteiger partial charge in [-0.2, -0.15) is 15.6 Å². The average molecular weight is 431 g/mol.